The van der Waals surface area contributed by atoms with E-state index in [1.165, 1.54) is 19.9 Å². The highest BCUT2D eigenvalue weighted by Gasteiger charge is 2.33. The highest BCUT2D eigenvalue weighted by Crippen LogP contribution is 2.34. The lowest BCUT2D eigenvalue weighted by Crippen LogP contribution is -2.10. The zero-order chi connectivity index (χ0) is 11.8. The van der Waals surface area contributed by atoms with Crippen LogP contribution in [0, 0.1) is 10.5 Å². The first-order valence-corrected chi connectivity index (χ1v) is 5.19. The normalized spacial score (nSPS) is 11.6. The number of rotatable bonds is 1. The first kappa shape index (κ1) is 12.5. The maximum atomic E-state index is 12.5. The van der Waals surface area contributed by atoms with Gasteiger partial charge in [0.2, 0.25) is 0 Å². The van der Waals surface area contributed by atoms with Crippen LogP contribution >= 0.6 is 22.6 Å². The van der Waals surface area contributed by atoms with Crippen molar-refractivity contribution >= 4 is 28.4 Å². The van der Waals surface area contributed by atoms with E-state index in [4.69, 9.17) is 0 Å². The van der Waals surface area contributed by atoms with Crippen molar-refractivity contribution in [2.45, 2.75) is 20.0 Å². The lowest BCUT2D eigenvalue weighted by molar-refractivity contribution is -0.138. The lowest BCUT2D eigenvalue weighted by atomic mass is 10.0. The Hall–Kier alpha value is -0.590. The zero-order valence-corrected chi connectivity index (χ0v) is 10.2. The summed E-state index contributed by atoms with van der Waals surface area (Å²) >= 11 is 1.59. The molecule has 0 heterocycles. The van der Waals surface area contributed by atoms with E-state index in [2.05, 4.69) is 0 Å². The van der Waals surface area contributed by atoms with E-state index in [1.807, 2.05) is 0 Å². The van der Waals surface area contributed by atoms with Gasteiger partial charge in [-0.25, -0.2) is 0 Å². The van der Waals surface area contributed by atoms with Gasteiger partial charge in [-0.15, -0.1) is 0 Å². The number of alkyl halides is 3. The van der Waals surface area contributed by atoms with Crippen LogP contribution in [-0.4, -0.2) is 5.78 Å². The third-order valence-corrected chi connectivity index (χ3v) is 2.89. The molecule has 1 aromatic rings. The third kappa shape index (κ3) is 2.70. The van der Waals surface area contributed by atoms with Crippen LogP contribution in [0.4, 0.5) is 13.2 Å². The standard InChI is InChI=1S/C10H8F3IO/c1-5-3-8(10(11,12)13)9(14)4-7(5)6(2)15/h3-4H,1-2H3. The molecule has 0 spiro atoms. The van der Waals surface area contributed by atoms with Crippen LogP contribution in [-0.2, 0) is 6.18 Å². The van der Waals surface area contributed by atoms with Crippen LogP contribution in [0.1, 0.15) is 28.4 Å². The van der Waals surface area contributed by atoms with E-state index in [0.29, 0.717) is 11.1 Å². The Balaban J connectivity index is 3.39. The van der Waals surface area contributed by atoms with Crippen LogP contribution in [0.3, 0.4) is 0 Å². The molecule has 1 rings (SSSR count). The van der Waals surface area contributed by atoms with Crippen LogP contribution < -0.4 is 0 Å². The van der Waals surface area contributed by atoms with Gasteiger partial charge in [-0.2, -0.15) is 13.2 Å². The molecule has 0 amide bonds. The monoisotopic (exact) mass is 328 g/mol. The minimum absolute atomic E-state index is 0.0518. The molecule has 1 nitrogen and oxygen atoms in total. The smallest absolute Gasteiger partial charge is 0.295 e. The van der Waals surface area contributed by atoms with Gasteiger partial charge in [0, 0.05) is 9.13 Å². The molecule has 0 atom stereocenters. The second kappa shape index (κ2) is 4.11. The van der Waals surface area contributed by atoms with E-state index < -0.39 is 11.7 Å². The van der Waals surface area contributed by atoms with E-state index in [0.717, 1.165) is 6.07 Å². The minimum Gasteiger partial charge on any atom is -0.295 e. The van der Waals surface area contributed by atoms with E-state index in [9.17, 15) is 18.0 Å². The summed E-state index contributed by atoms with van der Waals surface area (Å²) in [6, 6.07) is 2.29. The molecule has 15 heavy (non-hydrogen) atoms. The summed E-state index contributed by atoms with van der Waals surface area (Å²) < 4.78 is 37.5. The van der Waals surface area contributed by atoms with Crippen molar-refractivity contribution in [2.24, 2.45) is 0 Å². The van der Waals surface area contributed by atoms with Gasteiger partial charge >= 0.3 is 6.18 Å². The van der Waals surface area contributed by atoms with Gasteiger partial charge in [-0.1, -0.05) is 0 Å². The molecule has 0 aliphatic carbocycles. The number of hydrogen-bond acceptors (Lipinski definition) is 1. The van der Waals surface area contributed by atoms with Gasteiger partial charge < -0.3 is 0 Å². The summed E-state index contributed by atoms with van der Waals surface area (Å²) in [6.07, 6.45) is -4.36. The van der Waals surface area contributed by atoms with Gasteiger partial charge in [0.25, 0.3) is 0 Å². The molecule has 82 valence electrons. The Morgan fingerprint density at radius 1 is 1.33 bits per heavy atom. The predicted octanol–water partition coefficient (Wildman–Crippen LogP) is 3.82. The molecule has 0 bridgehead atoms. The van der Waals surface area contributed by atoms with Crippen molar-refractivity contribution in [3.05, 3.63) is 32.4 Å². The highest BCUT2D eigenvalue weighted by molar-refractivity contribution is 14.1. The average Bonchev–Trinajstić information content (AvgIpc) is 2.06. The summed E-state index contributed by atoms with van der Waals surface area (Å²) in [5.41, 5.74) is 0.00763. The van der Waals surface area contributed by atoms with Crippen LogP contribution in [0.2, 0.25) is 0 Å². The number of aryl methyl sites for hydroxylation is 1. The van der Waals surface area contributed by atoms with Crippen molar-refractivity contribution in [3.8, 4) is 0 Å². The number of carbonyl (C=O) groups excluding carboxylic acids is 1. The fourth-order valence-corrected chi connectivity index (χ4v) is 2.05. The number of carbonyl (C=O) groups is 1. The SMILES string of the molecule is CC(=O)c1cc(I)c(C(F)(F)F)cc1C. The molecule has 0 saturated heterocycles. The molecule has 1 aromatic carbocycles. The maximum Gasteiger partial charge on any atom is 0.417 e. The molecular weight excluding hydrogens is 320 g/mol. The average molecular weight is 328 g/mol. The Morgan fingerprint density at radius 3 is 2.27 bits per heavy atom. The molecular formula is C10H8F3IO. The Morgan fingerprint density at radius 2 is 1.87 bits per heavy atom. The third-order valence-electron chi connectivity index (χ3n) is 2.00. The Bertz CT molecular complexity index is 410. The minimum atomic E-state index is -4.36. The highest BCUT2D eigenvalue weighted by atomic mass is 127. The van der Waals surface area contributed by atoms with Gasteiger partial charge in [0.05, 0.1) is 5.56 Å². The maximum absolute atomic E-state index is 12.5. The molecule has 0 unspecified atom stereocenters. The fraction of sp³-hybridized carbons (Fsp3) is 0.300. The Kier molecular flexibility index (Phi) is 3.42. The zero-order valence-electron chi connectivity index (χ0n) is 8.07. The van der Waals surface area contributed by atoms with Crippen LogP contribution in [0.15, 0.2) is 12.1 Å². The molecule has 0 aliphatic heterocycles. The number of benzene rings is 1. The van der Waals surface area contributed by atoms with Crippen molar-refractivity contribution in [3.63, 3.8) is 0 Å². The van der Waals surface area contributed by atoms with Gasteiger partial charge in [0.15, 0.2) is 5.78 Å². The first-order valence-electron chi connectivity index (χ1n) is 4.11. The summed E-state index contributed by atoms with van der Waals surface area (Å²) in [7, 11) is 0. The summed E-state index contributed by atoms with van der Waals surface area (Å²) in [6.45, 7) is 2.84. The van der Waals surface area contributed by atoms with E-state index in [-0.39, 0.29) is 9.35 Å². The second-order valence-electron chi connectivity index (χ2n) is 3.20. The van der Waals surface area contributed by atoms with Crippen molar-refractivity contribution in [2.75, 3.05) is 0 Å². The quantitative estimate of drug-likeness (QED) is 0.566. The van der Waals surface area contributed by atoms with Crippen LogP contribution in [0.5, 0.6) is 0 Å². The molecule has 0 saturated carbocycles. The van der Waals surface area contributed by atoms with Gasteiger partial charge in [-0.05, 0) is 54.1 Å². The largest absolute Gasteiger partial charge is 0.417 e. The van der Waals surface area contributed by atoms with Gasteiger partial charge in [-0.3, -0.25) is 4.79 Å². The van der Waals surface area contributed by atoms with E-state index in [1.54, 1.807) is 22.6 Å². The van der Waals surface area contributed by atoms with Crippen LogP contribution in [0.25, 0.3) is 0 Å². The number of Topliss-reactive ketones (excluding diaryl/α,β-unsaturated/α-hetero) is 1. The summed E-state index contributed by atoms with van der Waals surface area (Å²) in [4.78, 5) is 11.1. The van der Waals surface area contributed by atoms with Crippen molar-refractivity contribution in [1.82, 2.24) is 0 Å². The first-order chi connectivity index (χ1) is 6.73. The molecule has 0 aromatic heterocycles. The molecule has 0 fully saturated rings. The van der Waals surface area contributed by atoms with Gasteiger partial charge in [0.1, 0.15) is 0 Å². The predicted molar refractivity (Wildman–Crippen MR) is 58.9 cm³/mol. The molecule has 0 N–H and O–H groups in total. The number of halogens is 4. The Labute approximate surface area is 98.8 Å². The van der Waals surface area contributed by atoms with Crippen molar-refractivity contribution < 1.29 is 18.0 Å². The second-order valence-corrected chi connectivity index (χ2v) is 4.36. The lowest BCUT2D eigenvalue weighted by Gasteiger charge is -2.12. The topological polar surface area (TPSA) is 17.1 Å². The molecule has 5 heteroatoms. The summed E-state index contributed by atoms with van der Waals surface area (Å²) in [5, 5.41) is 0. The summed E-state index contributed by atoms with van der Waals surface area (Å²) in [5.74, 6) is -0.223. The van der Waals surface area contributed by atoms with E-state index >= 15 is 0 Å². The fourth-order valence-electron chi connectivity index (χ4n) is 1.28. The number of ketones is 1. The number of hydrogen-bond donors (Lipinski definition) is 0. The van der Waals surface area contributed by atoms with Crippen molar-refractivity contribution in [1.29, 1.82) is 0 Å². The molecule has 0 radical (unpaired) electrons. The molecule has 0 aliphatic rings.